The first-order valence-corrected chi connectivity index (χ1v) is 5.92. The number of nitriles is 1. The molecule has 1 aliphatic rings. The quantitative estimate of drug-likeness (QED) is 0.736. The molecule has 4 nitrogen and oxygen atoms in total. The van der Waals surface area contributed by atoms with Gasteiger partial charge < -0.3 is 10.6 Å². The number of benzene rings is 1. The van der Waals surface area contributed by atoms with Crippen LogP contribution < -0.4 is 10.6 Å². The van der Waals surface area contributed by atoms with Crippen LogP contribution in [0.5, 0.6) is 0 Å². The van der Waals surface area contributed by atoms with E-state index in [0.717, 1.165) is 5.69 Å². The zero-order valence-corrected chi connectivity index (χ0v) is 11.1. The fourth-order valence-electron chi connectivity index (χ4n) is 1.93. The minimum Gasteiger partial charge on any atom is -0.377 e. The van der Waals surface area contributed by atoms with Crippen LogP contribution in [0.2, 0.25) is 0 Å². The van der Waals surface area contributed by atoms with E-state index >= 15 is 0 Å². The third-order valence-electron chi connectivity index (χ3n) is 4.00. The van der Waals surface area contributed by atoms with Gasteiger partial charge in [-0.1, -0.05) is 6.07 Å². The number of fused-ring (bicyclic) bond motifs is 1. The largest absolute Gasteiger partial charge is 0.377 e. The molecule has 0 saturated carbocycles. The van der Waals surface area contributed by atoms with Crippen molar-refractivity contribution < 1.29 is 4.79 Å². The van der Waals surface area contributed by atoms with E-state index in [1.165, 1.54) is 0 Å². The third-order valence-corrected chi connectivity index (χ3v) is 4.00. The fourth-order valence-corrected chi connectivity index (χ4v) is 1.93. The predicted molar refractivity (Wildman–Crippen MR) is 71.3 cm³/mol. The Labute approximate surface area is 107 Å². The van der Waals surface area contributed by atoms with Gasteiger partial charge in [0, 0.05) is 5.54 Å². The van der Waals surface area contributed by atoms with Crippen molar-refractivity contribution in [3.8, 4) is 6.07 Å². The number of amides is 1. The van der Waals surface area contributed by atoms with E-state index in [-0.39, 0.29) is 5.91 Å². The van der Waals surface area contributed by atoms with Crippen LogP contribution in [0.25, 0.3) is 0 Å². The van der Waals surface area contributed by atoms with Gasteiger partial charge in [0.25, 0.3) is 0 Å². The van der Waals surface area contributed by atoms with Gasteiger partial charge in [-0.3, -0.25) is 4.79 Å². The topological polar surface area (TPSA) is 64.9 Å². The van der Waals surface area contributed by atoms with Gasteiger partial charge in [0.15, 0.2) is 0 Å². The second-order valence-electron chi connectivity index (χ2n) is 5.67. The van der Waals surface area contributed by atoms with E-state index in [4.69, 9.17) is 5.26 Å². The summed E-state index contributed by atoms with van der Waals surface area (Å²) in [6, 6.07) is 7.49. The van der Waals surface area contributed by atoms with Crippen LogP contribution in [0, 0.1) is 16.7 Å². The molecule has 0 radical (unpaired) electrons. The number of carbonyl (C=O) groups is 1. The first-order chi connectivity index (χ1) is 8.29. The molecule has 2 N–H and O–H groups in total. The van der Waals surface area contributed by atoms with Crippen molar-refractivity contribution in [2.24, 2.45) is 5.41 Å². The highest BCUT2D eigenvalue weighted by atomic mass is 16.2. The number of nitrogens with zero attached hydrogens (tertiary/aromatic N) is 1. The lowest BCUT2D eigenvalue weighted by Crippen LogP contribution is -2.50. The lowest BCUT2D eigenvalue weighted by Gasteiger charge is -2.39. The maximum atomic E-state index is 12.3. The highest BCUT2D eigenvalue weighted by Gasteiger charge is 2.45. The molecule has 94 valence electrons. The van der Waals surface area contributed by atoms with Crippen molar-refractivity contribution in [1.29, 1.82) is 5.26 Å². The summed E-state index contributed by atoms with van der Waals surface area (Å²) in [5.74, 6) is -0.0820. The minimum absolute atomic E-state index is 0.0820. The minimum atomic E-state index is -0.585. The Kier molecular flexibility index (Phi) is 2.58. The van der Waals surface area contributed by atoms with Gasteiger partial charge in [-0.05, 0) is 39.8 Å². The van der Waals surface area contributed by atoms with Crippen LogP contribution in [0.3, 0.4) is 0 Å². The van der Waals surface area contributed by atoms with Crippen molar-refractivity contribution in [3.05, 3.63) is 23.8 Å². The monoisotopic (exact) mass is 243 g/mol. The Hall–Kier alpha value is -2.02. The zero-order valence-electron chi connectivity index (χ0n) is 11.1. The molecule has 1 heterocycles. The summed E-state index contributed by atoms with van der Waals surface area (Å²) in [5.41, 5.74) is 0.846. The van der Waals surface area contributed by atoms with E-state index in [9.17, 15) is 4.79 Å². The summed E-state index contributed by atoms with van der Waals surface area (Å²) in [4.78, 5) is 12.3. The number of nitrogens with one attached hydrogen (secondary N) is 2. The number of carbonyl (C=O) groups excluding carboxylic acids is 1. The SMILES string of the molecule is CC1(C)Nc2cccc(C#N)c2NC(=O)C1(C)C. The van der Waals surface area contributed by atoms with E-state index in [1.807, 2.05) is 39.8 Å². The van der Waals surface area contributed by atoms with Crippen LogP contribution >= 0.6 is 0 Å². The van der Waals surface area contributed by atoms with Crippen LogP contribution in [-0.2, 0) is 4.79 Å². The smallest absolute Gasteiger partial charge is 0.232 e. The van der Waals surface area contributed by atoms with Crippen molar-refractivity contribution in [2.45, 2.75) is 33.2 Å². The highest BCUT2D eigenvalue weighted by molar-refractivity contribution is 6.02. The Balaban J connectivity index is 2.63. The van der Waals surface area contributed by atoms with Crippen molar-refractivity contribution in [2.75, 3.05) is 10.6 Å². The molecular weight excluding hydrogens is 226 g/mol. The highest BCUT2D eigenvalue weighted by Crippen LogP contribution is 2.41. The lowest BCUT2D eigenvalue weighted by molar-refractivity contribution is -0.126. The number of rotatable bonds is 0. The maximum absolute atomic E-state index is 12.3. The average molecular weight is 243 g/mol. The number of anilines is 2. The fraction of sp³-hybridized carbons (Fsp3) is 0.429. The molecule has 1 aliphatic heterocycles. The van der Waals surface area contributed by atoms with E-state index in [2.05, 4.69) is 16.7 Å². The standard InChI is InChI=1S/C14H17N3O/c1-13(2)12(18)16-11-9(8-15)6-5-7-10(11)17-14(13,3)4/h5-7,17H,1-4H3,(H,16,18). The lowest BCUT2D eigenvalue weighted by atomic mass is 9.74. The van der Waals surface area contributed by atoms with Crippen LogP contribution in [0.15, 0.2) is 18.2 Å². The van der Waals surface area contributed by atoms with Crippen molar-refractivity contribution >= 4 is 17.3 Å². The molecule has 0 unspecified atom stereocenters. The van der Waals surface area contributed by atoms with Gasteiger partial charge in [0.2, 0.25) is 5.91 Å². The molecule has 1 amide bonds. The number of hydrogen-bond acceptors (Lipinski definition) is 3. The second kappa shape index (κ2) is 3.74. The molecule has 0 bridgehead atoms. The van der Waals surface area contributed by atoms with E-state index in [1.54, 1.807) is 6.07 Å². The van der Waals surface area contributed by atoms with Crippen LogP contribution in [0.1, 0.15) is 33.3 Å². The van der Waals surface area contributed by atoms with Gasteiger partial charge in [-0.15, -0.1) is 0 Å². The molecule has 4 heteroatoms. The van der Waals surface area contributed by atoms with Crippen molar-refractivity contribution in [1.82, 2.24) is 0 Å². The Morgan fingerprint density at radius 1 is 1.22 bits per heavy atom. The Morgan fingerprint density at radius 2 is 1.89 bits per heavy atom. The molecule has 2 rings (SSSR count). The average Bonchev–Trinajstić information content (AvgIpc) is 2.35. The molecule has 0 atom stereocenters. The molecular formula is C14H17N3O. The summed E-state index contributed by atoms with van der Waals surface area (Å²) in [5, 5.41) is 15.3. The second-order valence-corrected chi connectivity index (χ2v) is 5.67. The Morgan fingerprint density at radius 3 is 2.50 bits per heavy atom. The molecule has 0 aromatic heterocycles. The molecule has 0 spiro atoms. The normalized spacial score (nSPS) is 19.8. The summed E-state index contributed by atoms with van der Waals surface area (Å²) in [7, 11) is 0. The van der Waals surface area contributed by atoms with Gasteiger partial charge in [0.1, 0.15) is 6.07 Å². The first-order valence-electron chi connectivity index (χ1n) is 5.92. The summed E-state index contributed by atoms with van der Waals surface area (Å²) >= 11 is 0. The summed E-state index contributed by atoms with van der Waals surface area (Å²) in [6.45, 7) is 7.77. The first kappa shape index (κ1) is 12.4. The third kappa shape index (κ3) is 1.63. The molecule has 0 fully saturated rings. The van der Waals surface area contributed by atoms with E-state index < -0.39 is 11.0 Å². The summed E-state index contributed by atoms with van der Waals surface area (Å²) < 4.78 is 0. The van der Waals surface area contributed by atoms with Gasteiger partial charge in [-0.25, -0.2) is 0 Å². The zero-order chi connectivity index (χ0) is 13.6. The Bertz CT molecular complexity index is 553. The van der Waals surface area contributed by atoms with E-state index in [0.29, 0.717) is 11.3 Å². The number of hydrogen-bond donors (Lipinski definition) is 2. The summed E-state index contributed by atoms with van der Waals surface area (Å²) in [6.07, 6.45) is 0. The predicted octanol–water partition coefficient (Wildman–Crippen LogP) is 2.73. The van der Waals surface area contributed by atoms with Gasteiger partial charge >= 0.3 is 0 Å². The maximum Gasteiger partial charge on any atom is 0.232 e. The molecule has 1 aromatic carbocycles. The number of para-hydroxylation sites is 1. The van der Waals surface area contributed by atoms with Gasteiger partial charge in [0.05, 0.1) is 22.4 Å². The van der Waals surface area contributed by atoms with Gasteiger partial charge in [-0.2, -0.15) is 5.26 Å². The molecule has 0 saturated heterocycles. The van der Waals surface area contributed by atoms with Crippen molar-refractivity contribution in [3.63, 3.8) is 0 Å². The molecule has 1 aromatic rings. The van der Waals surface area contributed by atoms with Crippen LogP contribution in [0.4, 0.5) is 11.4 Å². The molecule has 18 heavy (non-hydrogen) atoms. The molecule has 0 aliphatic carbocycles. The van der Waals surface area contributed by atoms with Crippen LogP contribution in [-0.4, -0.2) is 11.4 Å².